The molecule has 428 valence electrons. The highest BCUT2D eigenvalue weighted by molar-refractivity contribution is 7.10. The number of thiazole rings is 1. The van der Waals surface area contributed by atoms with E-state index in [1.165, 1.54) is 87.7 Å². The van der Waals surface area contributed by atoms with Crippen LogP contribution in [0.5, 0.6) is 0 Å². The van der Waals surface area contributed by atoms with Gasteiger partial charge in [-0.05, 0) is 63.2 Å². The molecule has 2 aromatic carbocycles. The minimum Gasteiger partial charge on any atom is -0.459 e. The molecular formula is C54H60F2N11O13S+. The summed E-state index contributed by atoms with van der Waals surface area (Å²) in [5, 5.41) is 28.1. The van der Waals surface area contributed by atoms with Crippen molar-refractivity contribution in [3.8, 4) is 17.3 Å². The number of benzene rings is 2. The first kappa shape index (κ1) is 61.1. The molecule has 24 nitrogen and oxygen atoms in total. The van der Waals surface area contributed by atoms with Crippen LogP contribution in [0.3, 0.4) is 0 Å². The number of aromatic nitrogens is 6. The molecule has 4 atom stereocenters. The fourth-order valence-electron chi connectivity index (χ4n) is 7.57. The van der Waals surface area contributed by atoms with E-state index in [9.17, 15) is 43.5 Å². The zero-order valence-corrected chi connectivity index (χ0v) is 46.8. The van der Waals surface area contributed by atoms with Crippen LogP contribution in [0.1, 0.15) is 80.9 Å². The number of aliphatic hydroxyl groups is 1. The van der Waals surface area contributed by atoms with Gasteiger partial charge in [0.1, 0.15) is 67.3 Å². The molecule has 2 unspecified atom stereocenters. The summed E-state index contributed by atoms with van der Waals surface area (Å²) in [6.45, 7) is 7.34. The molecule has 0 saturated heterocycles. The average Bonchev–Trinajstić information content (AvgIpc) is 4.17. The largest absolute Gasteiger partial charge is 0.459 e. The summed E-state index contributed by atoms with van der Waals surface area (Å²) >= 11 is 1.21. The summed E-state index contributed by atoms with van der Waals surface area (Å²) < 4.78 is 65.1. The number of carbonyl (C=O) groups excluding carboxylic acids is 6. The number of amides is 4. The summed E-state index contributed by atoms with van der Waals surface area (Å²) in [5.41, 5.74) is -0.923. The topological polar surface area (TPSA) is 275 Å². The summed E-state index contributed by atoms with van der Waals surface area (Å²) in [6.07, 6.45) is -0.677. The SMILES string of the molecule is CC(OC(=O)N(C)CC(=O)OCc1cccnc1N(C)C(=O)OC(C)[n+]1cnn(C[C@](O)(c2cc(F)ccc2F)[C@@H](C)c2nc(-c3ccc(C#N)cc3)cs2)c1)OC(=O)N(C)c1ncccc1COC(=O)CN(C)C(=O)OC(C)(C)C. The number of esters is 2. The van der Waals surface area contributed by atoms with Crippen LogP contribution in [0.15, 0.2) is 97.2 Å². The maximum absolute atomic E-state index is 15.5. The van der Waals surface area contributed by atoms with Crippen molar-refractivity contribution in [1.29, 1.82) is 5.26 Å². The van der Waals surface area contributed by atoms with Gasteiger partial charge in [-0.3, -0.25) is 19.4 Å². The zero-order valence-electron chi connectivity index (χ0n) is 45.9. The van der Waals surface area contributed by atoms with Crippen LogP contribution in [0.4, 0.5) is 39.6 Å². The second-order valence-electron chi connectivity index (χ2n) is 19.3. The molecule has 27 heteroatoms. The van der Waals surface area contributed by atoms with Gasteiger partial charge in [0.05, 0.1) is 22.3 Å². The Hall–Kier alpha value is -9.16. The molecule has 6 rings (SSSR count). The molecule has 81 heavy (non-hydrogen) atoms. The molecule has 0 fully saturated rings. The molecule has 0 bridgehead atoms. The standard InChI is InChI=1S/C54H60F2N11O13S/c1-33(48-61-43(29-81-48)37-17-15-36(24-57)16-18-37)54(74,41-23-40(55)19-20-42(41)56)30-67-32-66(31-60-67)34(2)77-51(72)64(9)46-38(13-11-21-58-46)27-75-44(68)25-62(7)49(70)78-35(3)79-52(73)65(10)47-39(14-12-22-59-47)28-76-45(69)26-63(8)50(71)80-53(4,5)6/h11-23,29,31-35,74H,25-28,30H2,1-10H3/q+1/t33-,34?,35?,54+/m0/s1. The van der Waals surface area contributed by atoms with E-state index in [1.807, 2.05) is 0 Å². The Morgan fingerprint density at radius 1 is 0.778 bits per heavy atom. The number of nitriles is 1. The number of hydrogen-bond donors (Lipinski definition) is 1. The van der Waals surface area contributed by atoms with E-state index in [0.717, 1.165) is 37.8 Å². The Bertz CT molecular complexity index is 3280. The van der Waals surface area contributed by atoms with Crippen LogP contribution in [-0.4, -0.2) is 129 Å². The van der Waals surface area contributed by atoms with Crippen molar-refractivity contribution >= 4 is 59.3 Å². The van der Waals surface area contributed by atoms with Gasteiger partial charge >= 0.3 is 36.3 Å². The first-order chi connectivity index (χ1) is 38.3. The third-order valence-corrected chi connectivity index (χ3v) is 13.0. The number of carbonyl (C=O) groups is 6. The van der Waals surface area contributed by atoms with Gasteiger partial charge < -0.3 is 43.3 Å². The number of pyridine rings is 2. The first-order valence-electron chi connectivity index (χ1n) is 24.8. The molecule has 4 aromatic heterocycles. The monoisotopic (exact) mass is 1140 g/mol. The van der Waals surface area contributed by atoms with Crippen LogP contribution in [0.2, 0.25) is 0 Å². The lowest BCUT2D eigenvalue weighted by atomic mass is 9.82. The van der Waals surface area contributed by atoms with Gasteiger partial charge in [0.2, 0.25) is 18.8 Å². The highest BCUT2D eigenvalue weighted by atomic mass is 32.1. The van der Waals surface area contributed by atoms with E-state index >= 15 is 4.39 Å². The van der Waals surface area contributed by atoms with Crippen molar-refractivity contribution in [2.75, 3.05) is 51.1 Å². The maximum Gasteiger partial charge on any atom is 0.418 e. The number of nitrogens with zero attached hydrogens (tertiary/aromatic N) is 11. The predicted octanol–water partition coefficient (Wildman–Crippen LogP) is 7.36. The highest BCUT2D eigenvalue weighted by Crippen LogP contribution is 2.42. The van der Waals surface area contributed by atoms with Crippen LogP contribution < -0.4 is 14.4 Å². The van der Waals surface area contributed by atoms with Crippen LogP contribution in [0, 0.1) is 23.0 Å². The number of ether oxygens (including phenoxy) is 6. The second-order valence-corrected chi connectivity index (χ2v) is 20.2. The van der Waals surface area contributed by atoms with E-state index in [4.69, 9.17) is 33.4 Å². The summed E-state index contributed by atoms with van der Waals surface area (Å²) in [6, 6.07) is 17.8. The number of hydrogen-bond acceptors (Lipinski definition) is 19. The molecule has 0 aliphatic heterocycles. The van der Waals surface area contributed by atoms with Gasteiger partial charge in [-0.2, -0.15) is 9.83 Å². The summed E-state index contributed by atoms with van der Waals surface area (Å²) in [7, 11) is 5.31. The van der Waals surface area contributed by atoms with Crippen molar-refractivity contribution in [3.05, 3.63) is 136 Å². The Labute approximate surface area is 468 Å². The molecular weight excluding hydrogens is 1080 g/mol. The van der Waals surface area contributed by atoms with Crippen LogP contribution in [-0.2, 0) is 63.4 Å². The molecule has 0 aliphatic carbocycles. The van der Waals surface area contributed by atoms with Gasteiger partial charge in [0, 0.05) is 93.1 Å². The van der Waals surface area contributed by atoms with Crippen molar-refractivity contribution in [2.24, 2.45) is 0 Å². The lowest BCUT2D eigenvalue weighted by molar-refractivity contribution is -0.753. The molecule has 6 aromatic rings. The minimum absolute atomic E-state index is 0.0513. The lowest BCUT2D eigenvalue weighted by Crippen LogP contribution is -2.42. The third-order valence-electron chi connectivity index (χ3n) is 12.0. The minimum atomic E-state index is -2.12. The Morgan fingerprint density at radius 3 is 1.90 bits per heavy atom. The smallest absolute Gasteiger partial charge is 0.418 e. The normalized spacial score (nSPS) is 13.0. The van der Waals surface area contributed by atoms with Gasteiger partial charge in [-0.25, -0.2) is 42.9 Å². The van der Waals surface area contributed by atoms with E-state index in [1.54, 1.807) is 81.6 Å². The summed E-state index contributed by atoms with van der Waals surface area (Å²) in [5.74, 6) is -4.10. The zero-order chi connectivity index (χ0) is 59.3. The third kappa shape index (κ3) is 16.2. The molecule has 0 radical (unpaired) electrons. The molecule has 4 amide bonds. The van der Waals surface area contributed by atoms with Crippen LogP contribution >= 0.6 is 11.3 Å². The number of anilines is 2. The van der Waals surface area contributed by atoms with Crippen molar-refractivity contribution in [2.45, 2.75) is 90.9 Å². The molecule has 4 heterocycles. The Morgan fingerprint density at radius 2 is 1.33 bits per heavy atom. The van der Waals surface area contributed by atoms with Crippen LogP contribution in [0.25, 0.3) is 11.3 Å². The Balaban J connectivity index is 0.997. The van der Waals surface area contributed by atoms with Crippen molar-refractivity contribution < 1.29 is 75.6 Å². The highest BCUT2D eigenvalue weighted by Gasteiger charge is 2.44. The first-order valence-corrected chi connectivity index (χ1v) is 25.6. The molecule has 0 spiro atoms. The van der Waals surface area contributed by atoms with Gasteiger partial charge in [0.15, 0.2) is 0 Å². The number of rotatable bonds is 20. The molecule has 0 aliphatic rings. The maximum atomic E-state index is 15.5. The van der Waals surface area contributed by atoms with E-state index in [-0.39, 0.29) is 29.4 Å². The van der Waals surface area contributed by atoms with E-state index in [0.29, 0.717) is 27.4 Å². The second kappa shape index (κ2) is 26.7. The van der Waals surface area contributed by atoms with Crippen molar-refractivity contribution in [1.82, 2.24) is 34.5 Å². The lowest BCUT2D eigenvalue weighted by Gasteiger charge is -2.32. The Kier molecular flexibility index (Phi) is 20.1. The van der Waals surface area contributed by atoms with Crippen molar-refractivity contribution in [3.63, 3.8) is 0 Å². The van der Waals surface area contributed by atoms with Gasteiger partial charge in [0.25, 0.3) is 6.33 Å². The van der Waals surface area contributed by atoms with E-state index in [2.05, 4.69) is 21.1 Å². The fourth-order valence-corrected chi connectivity index (χ4v) is 8.54. The molecule has 1 N–H and O–H groups in total. The van der Waals surface area contributed by atoms with E-state index < -0.39 is 104 Å². The fraction of sp³-hybridized carbons (Fsp3) is 0.370. The van der Waals surface area contributed by atoms with Gasteiger partial charge in [-0.1, -0.05) is 31.2 Å². The molecule has 0 saturated carbocycles. The average molecular weight is 1140 g/mol. The quantitative estimate of drug-likeness (QED) is 0.0338. The predicted molar refractivity (Wildman–Crippen MR) is 283 cm³/mol. The number of likely N-dealkylation sites (N-methyl/N-ethyl adjacent to an activating group) is 2. The number of halogens is 2. The summed E-state index contributed by atoms with van der Waals surface area (Å²) in [4.78, 5) is 94.5. The van der Waals surface area contributed by atoms with Gasteiger partial charge in [-0.15, -0.1) is 16.0 Å².